The average molecular weight is 289 g/mol. The summed E-state index contributed by atoms with van der Waals surface area (Å²) in [5.74, 6) is -2.45. The van der Waals surface area contributed by atoms with Gasteiger partial charge in [0.1, 0.15) is 11.3 Å². The smallest absolute Gasteiger partial charge is 0.292 e. The molecule has 1 saturated heterocycles. The summed E-state index contributed by atoms with van der Waals surface area (Å²) in [5, 5.41) is 7.82. The molecule has 3 rings (SSSR count). The number of fused-ring (bicyclic) bond motifs is 1. The standard InChI is InChI=1S/C11H11ClF2N4O/c1-19-8-4-18(5-11(8,13)14)10-6-3-15-9(12)2-7(6)16-17-10/h2-3,8H,4-5H2,1H3,(H,16,17). The van der Waals surface area contributed by atoms with Crippen LogP contribution in [0.3, 0.4) is 0 Å². The maximum atomic E-state index is 13.7. The van der Waals surface area contributed by atoms with Gasteiger partial charge in [-0.25, -0.2) is 13.8 Å². The van der Waals surface area contributed by atoms with Crippen LogP contribution >= 0.6 is 11.6 Å². The summed E-state index contributed by atoms with van der Waals surface area (Å²) in [4.78, 5) is 5.44. The van der Waals surface area contributed by atoms with Crippen molar-refractivity contribution in [3.63, 3.8) is 0 Å². The molecule has 1 unspecified atom stereocenters. The quantitative estimate of drug-likeness (QED) is 0.860. The molecule has 1 fully saturated rings. The molecule has 1 N–H and O–H groups in total. The highest BCUT2D eigenvalue weighted by atomic mass is 35.5. The Morgan fingerprint density at radius 3 is 3.05 bits per heavy atom. The normalized spacial score (nSPS) is 22.3. The Morgan fingerprint density at radius 1 is 1.58 bits per heavy atom. The van der Waals surface area contributed by atoms with Crippen LogP contribution in [0.2, 0.25) is 5.15 Å². The molecule has 1 atom stereocenters. The van der Waals surface area contributed by atoms with E-state index in [1.807, 2.05) is 0 Å². The predicted octanol–water partition coefficient (Wildman–Crippen LogP) is 2.08. The lowest BCUT2D eigenvalue weighted by atomic mass is 10.2. The number of aromatic nitrogens is 3. The third-order valence-corrected chi connectivity index (χ3v) is 3.44. The van der Waals surface area contributed by atoms with E-state index < -0.39 is 18.6 Å². The van der Waals surface area contributed by atoms with E-state index in [0.29, 0.717) is 21.9 Å². The molecule has 3 heterocycles. The number of halogens is 3. The molecule has 0 radical (unpaired) electrons. The maximum absolute atomic E-state index is 13.7. The minimum atomic E-state index is -2.89. The Morgan fingerprint density at radius 2 is 2.37 bits per heavy atom. The van der Waals surface area contributed by atoms with Gasteiger partial charge in [0, 0.05) is 19.4 Å². The van der Waals surface area contributed by atoms with Crippen LogP contribution in [0.4, 0.5) is 14.6 Å². The lowest BCUT2D eigenvalue weighted by molar-refractivity contribution is -0.0889. The van der Waals surface area contributed by atoms with E-state index in [1.165, 1.54) is 18.2 Å². The van der Waals surface area contributed by atoms with E-state index in [9.17, 15) is 8.78 Å². The van der Waals surface area contributed by atoms with Crippen molar-refractivity contribution in [2.75, 3.05) is 25.1 Å². The molecule has 19 heavy (non-hydrogen) atoms. The van der Waals surface area contributed by atoms with Crippen molar-refractivity contribution < 1.29 is 13.5 Å². The molecule has 1 aliphatic heterocycles. The van der Waals surface area contributed by atoms with Gasteiger partial charge in [0.25, 0.3) is 5.92 Å². The second kappa shape index (κ2) is 4.28. The van der Waals surface area contributed by atoms with Gasteiger partial charge < -0.3 is 9.64 Å². The van der Waals surface area contributed by atoms with Crippen LogP contribution in [0.25, 0.3) is 10.9 Å². The van der Waals surface area contributed by atoms with E-state index in [4.69, 9.17) is 16.3 Å². The van der Waals surface area contributed by atoms with Crippen LogP contribution in [0.5, 0.6) is 0 Å². The number of nitrogens with zero attached hydrogens (tertiary/aromatic N) is 3. The lowest BCUT2D eigenvalue weighted by Gasteiger charge is -2.14. The average Bonchev–Trinajstić information content (AvgIpc) is 2.88. The zero-order chi connectivity index (χ0) is 13.6. The first-order chi connectivity index (χ1) is 9.01. The van der Waals surface area contributed by atoms with Crippen molar-refractivity contribution >= 4 is 28.3 Å². The molecule has 0 aromatic carbocycles. The van der Waals surface area contributed by atoms with Crippen molar-refractivity contribution in [2.45, 2.75) is 12.0 Å². The van der Waals surface area contributed by atoms with Crippen molar-refractivity contribution in [1.82, 2.24) is 15.2 Å². The molecule has 5 nitrogen and oxygen atoms in total. The molecular formula is C11H11ClF2N4O. The van der Waals surface area contributed by atoms with Gasteiger partial charge in [-0.15, -0.1) is 0 Å². The summed E-state index contributed by atoms with van der Waals surface area (Å²) in [6.07, 6.45) is 0.397. The molecular weight excluding hydrogens is 278 g/mol. The molecule has 102 valence electrons. The minimum absolute atomic E-state index is 0.0894. The lowest BCUT2D eigenvalue weighted by Crippen LogP contribution is -2.33. The monoisotopic (exact) mass is 288 g/mol. The molecule has 0 bridgehead atoms. The number of alkyl halides is 2. The van der Waals surface area contributed by atoms with E-state index in [0.717, 1.165) is 0 Å². The zero-order valence-electron chi connectivity index (χ0n) is 10.0. The van der Waals surface area contributed by atoms with Crippen LogP contribution < -0.4 is 4.90 Å². The minimum Gasteiger partial charge on any atom is -0.373 e. The van der Waals surface area contributed by atoms with Gasteiger partial charge in [-0.05, 0) is 0 Å². The van der Waals surface area contributed by atoms with Crippen molar-refractivity contribution in [1.29, 1.82) is 0 Å². The second-order valence-electron chi connectivity index (χ2n) is 4.47. The largest absolute Gasteiger partial charge is 0.373 e. The van der Waals surface area contributed by atoms with Crippen LogP contribution in [0.1, 0.15) is 0 Å². The second-order valence-corrected chi connectivity index (χ2v) is 4.85. The number of ether oxygens (including phenoxy) is 1. The molecule has 2 aromatic heterocycles. The van der Waals surface area contributed by atoms with Crippen LogP contribution in [0, 0.1) is 0 Å². The highest BCUT2D eigenvalue weighted by Crippen LogP contribution is 2.35. The summed E-state index contributed by atoms with van der Waals surface area (Å²) >= 11 is 5.77. The van der Waals surface area contributed by atoms with Crippen LogP contribution in [-0.4, -0.2) is 47.4 Å². The Hall–Kier alpha value is -1.47. The predicted molar refractivity (Wildman–Crippen MR) is 66.9 cm³/mol. The number of nitrogens with one attached hydrogen (secondary N) is 1. The molecule has 0 spiro atoms. The molecule has 2 aromatic rings. The first-order valence-corrected chi connectivity index (χ1v) is 6.04. The SMILES string of the molecule is COC1CN(c2n[nH]c3cc(Cl)ncc23)CC1(F)F. The number of H-pyrrole nitrogens is 1. The van der Waals surface area contributed by atoms with Crippen molar-refractivity contribution in [3.05, 3.63) is 17.4 Å². The highest BCUT2D eigenvalue weighted by molar-refractivity contribution is 6.30. The fourth-order valence-corrected chi connectivity index (χ4v) is 2.44. The number of methoxy groups -OCH3 is 1. The highest BCUT2D eigenvalue weighted by Gasteiger charge is 2.49. The van der Waals surface area contributed by atoms with Gasteiger partial charge in [0.2, 0.25) is 0 Å². The third-order valence-electron chi connectivity index (χ3n) is 3.24. The Labute approximate surface area is 112 Å². The van der Waals surface area contributed by atoms with Gasteiger partial charge in [-0.3, -0.25) is 5.10 Å². The van der Waals surface area contributed by atoms with Crippen molar-refractivity contribution in [2.24, 2.45) is 0 Å². The fraction of sp³-hybridized carbons (Fsp3) is 0.455. The molecule has 1 aliphatic rings. The summed E-state index contributed by atoms with van der Waals surface area (Å²) in [5.41, 5.74) is 0.666. The van der Waals surface area contributed by atoms with E-state index >= 15 is 0 Å². The molecule has 8 heteroatoms. The summed E-state index contributed by atoms with van der Waals surface area (Å²) in [6, 6.07) is 1.61. The van der Waals surface area contributed by atoms with Crippen LogP contribution in [-0.2, 0) is 4.74 Å². The topological polar surface area (TPSA) is 54.0 Å². The first kappa shape index (κ1) is 12.6. The molecule has 0 amide bonds. The molecule has 0 saturated carbocycles. The van der Waals surface area contributed by atoms with Gasteiger partial charge >= 0.3 is 0 Å². The zero-order valence-corrected chi connectivity index (χ0v) is 10.8. The van der Waals surface area contributed by atoms with Gasteiger partial charge in [-0.2, -0.15) is 5.10 Å². The molecule has 0 aliphatic carbocycles. The van der Waals surface area contributed by atoms with Gasteiger partial charge in [0.15, 0.2) is 5.82 Å². The first-order valence-electron chi connectivity index (χ1n) is 5.66. The van der Waals surface area contributed by atoms with E-state index in [1.54, 1.807) is 6.07 Å². The van der Waals surface area contributed by atoms with Gasteiger partial charge in [-0.1, -0.05) is 11.6 Å². The summed E-state index contributed by atoms with van der Waals surface area (Å²) < 4.78 is 32.2. The fourth-order valence-electron chi connectivity index (χ4n) is 2.28. The van der Waals surface area contributed by atoms with Gasteiger partial charge in [0.05, 0.1) is 24.0 Å². The number of hydrogen-bond acceptors (Lipinski definition) is 4. The maximum Gasteiger partial charge on any atom is 0.292 e. The Bertz CT molecular complexity index is 618. The van der Waals surface area contributed by atoms with E-state index in [2.05, 4.69) is 15.2 Å². The van der Waals surface area contributed by atoms with E-state index in [-0.39, 0.29) is 6.54 Å². The number of anilines is 1. The number of aromatic amines is 1. The number of hydrogen-bond donors (Lipinski definition) is 1. The number of rotatable bonds is 2. The number of pyridine rings is 1. The van der Waals surface area contributed by atoms with Crippen molar-refractivity contribution in [3.8, 4) is 0 Å². The third kappa shape index (κ3) is 2.02. The van der Waals surface area contributed by atoms with Crippen LogP contribution in [0.15, 0.2) is 12.3 Å². The summed E-state index contributed by atoms with van der Waals surface area (Å²) in [7, 11) is 1.28. The Kier molecular flexibility index (Phi) is 2.83. The Balaban J connectivity index is 1.98. The summed E-state index contributed by atoms with van der Waals surface area (Å²) in [6.45, 7) is -0.333.